The summed E-state index contributed by atoms with van der Waals surface area (Å²) < 4.78 is 0. The number of nitrogens with one attached hydrogen (secondary N) is 1. The maximum atomic E-state index is 12.6. The molecule has 0 amide bonds. The molecule has 1 aromatic heterocycles. The van der Waals surface area contributed by atoms with Gasteiger partial charge in [0.25, 0.3) is 0 Å². The molecule has 21 heavy (non-hydrogen) atoms. The number of hydrogen-bond acceptors (Lipinski definition) is 2. The second-order valence-corrected chi connectivity index (χ2v) is 7.01. The second-order valence-electron chi connectivity index (χ2n) is 7.01. The zero-order valence-corrected chi connectivity index (χ0v) is 14.0. The van der Waals surface area contributed by atoms with Crippen molar-refractivity contribution in [2.45, 2.75) is 65.8 Å². The highest BCUT2D eigenvalue weighted by molar-refractivity contribution is 5.98. The fraction of sp³-hybridized carbons (Fsp3) is 0.722. The Bertz CT molecular complexity index is 470. The van der Waals surface area contributed by atoms with E-state index in [9.17, 15) is 4.79 Å². The molecule has 0 aliphatic heterocycles. The minimum Gasteiger partial charge on any atom is -0.362 e. The standard InChI is InChI=1S/C18H30N2O/c1-13(2)9-10-20(16-7-5-6-8-16)12-18(21)17-11-14(3)19-15(17)4/h11,13,16,19H,5-10,12H2,1-4H3. The second kappa shape index (κ2) is 7.26. The Morgan fingerprint density at radius 1 is 1.33 bits per heavy atom. The van der Waals surface area contributed by atoms with Crippen molar-refractivity contribution in [2.24, 2.45) is 5.92 Å². The van der Waals surface area contributed by atoms with Crippen molar-refractivity contribution >= 4 is 5.78 Å². The fourth-order valence-electron chi connectivity index (χ4n) is 3.37. The maximum absolute atomic E-state index is 12.6. The summed E-state index contributed by atoms with van der Waals surface area (Å²) in [5.74, 6) is 0.966. The van der Waals surface area contributed by atoms with Crippen molar-refractivity contribution in [3.8, 4) is 0 Å². The number of aryl methyl sites for hydroxylation is 2. The molecule has 1 aliphatic carbocycles. The van der Waals surface area contributed by atoms with Crippen LogP contribution in [0.3, 0.4) is 0 Å². The van der Waals surface area contributed by atoms with E-state index in [2.05, 4.69) is 23.7 Å². The summed E-state index contributed by atoms with van der Waals surface area (Å²) in [4.78, 5) is 18.3. The Morgan fingerprint density at radius 2 is 2.00 bits per heavy atom. The molecule has 0 saturated heterocycles. The van der Waals surface area contributed by atoms with Gasteiger partial charge in [0, 0.05) is 23.0 Å². The third-order valence-electron chi connectivity index (χ3n) is 4.63. The Morgan fingerprint density at radius 3 is 2.52 bits per heavy atom. The van der Waals surface area contributed by atoms with Crippen molar-refractivity contribution in [3.05, 3.63) is 23.0 Å². The molecule has 0 bridgehead atoms. The van der Waals surface area contributed by atoms with Crippen LogP contribution in [-0.2, 0) is 0 Å². The van der Waals surface area contributed by atoms with Gasteiger partial charge in [0.15, 0.2) is 5.78 Å². The van der Waals surface area contributed by atoms with Crippen molar-refractivity contribution < 1.29 is 4.79 Å². The predicted molar refractivity (Wildman–Crippen MR) is 87.9 cm³/mol. The number of carbonyl (C=O) groups is 1. The van der Waals surface area contributed by atoms with Gasteiger partial charge in [0.1, 0.15) is 0 Å². The molecule has 118 valence electrons. The molecule has 1 aromatic rings. The van der Waals surface area contributed by atoms with Crippen LogP contribution in [0.25, 0.3) is 0 Å². The van der Waals surface area contributed by atoms with E-state index < -0.39 is 0 Å². The summed E-state index contributed by atoms with van der Waals surface area (Å²) >= 11 is 0. The van der Waals surface area contributed by atoms with Crippen LogP contribution in [0.4, 0.5) is 0 Å². The van der Waals surface area contributed by atoms with Crippen LogP contribution < -0.4 is 0 Å². The normalized spacial score (nSPS) is 16.3. The van der Waals surface area contributed by atoms with E-state index in [1.165, 1.54) is 32.1 Å². The summed E-state index contributed by atoms with van der Waals surface area (Å²) in [6, 6.07) is 2.61. The van der Waals surface area contributed by atoms with Gasteiger partial charge in [-0.05, 0) is 51.6 Å². The molecule has 0 spiro atoms. The third-order valence-corrected chi connectivity index (χ3v) is 4.63. The Labute approximate surface area is 129 Å². The van der Waals surface area contributed by atoms with E-state index in [4.69, 9.17) is 0 Å². The van der Waals surface area contributed by atoms with E-state index in [1.807, 2.05) is 19.9 Å². The minimum atomic E-state index is 0.271. The summed E-state index contributed by atoms with van der Waals surface area (Å²) in [5.41, 5.74) is 2.96. The first kappa shape index (κ1) is 16.3. The topological polar surface area (TPSA) is 36.1 Å². The average molecular weight is 290 g/mol. The van der Waals surface area contributed by atoms with Crippen molar-refractivity contribution in [1.82, 2.24) is 9.88 Å². The highest BCUT2D eigenvalue weighted by Crippen LogP contribution is 2.24. The van der Waals surface area contributed by atoms with Gasteiger partial charge in [-0.15, -0.1) is 0 Å². The zero-order valence-electron chi connectivity index (χ0n) is 14.0. The number of hydrogen-bond donors (Lipinski definition) is 1. The van der Waals surface area contributed by atoms with Gasteiger partial charge in [-0.25, -0.2) is 0 Å². The SMILES string of the molecule is Cc1cc(C(=O)CN(CCC(C)C)C2CCCC2)c(C)[nH]1. The quantitative estimate of drug-likeness (QED) is 0.767. The average Bonchev–Trinajstić information content (AvgIpc) is 3.03. The first-order chi connectivity index (χ1) is 9.97. The molecular weight excluding hydrogens is 260 g/mol. The minimum absolute atomic E-state index is 0.271. The van der Waals surface area contributed by atoms with E-state index in [1.54, 1.807) is 0 Å². The monoisotopic (exact) mass is 290 g/mol. The molecule has 2 rings (SSSR count). The largest absolute Gasteiger partial charge is 0.362 e. The molecule has 1 heterocycles. The number of rotatable bonds is 7. The Hall–Kier alpha value is -1.09. The number of H-pyrrole nitrogens is 1. The number of ketones is 1. The van der Waals surface area contributed by atoms with Crippen LogP contribution in [0.2, 0.25) is 0 Å². The molecule has 1 fully saturated rings. The molecule has 1 saturated carbocycles. The Balaban J connectivity index is 2.02. The Kier molecular flexibility index (Phi) is 5.63. The van der Waals surface area contributed by atoms with Crippen molar-refractivity contribution in [2.75, 3.05) is 13.1 Å². The molecule has 3 heteroatoms. The van der Waals surface area contributed by atoms with E-state index in [-0.39, 0.29) is 5.78 Å². The number of nitrogens with zero attached hydrogens (tertiary/aromatic N) is 1. The van der Waals surface area contributed by atoms with E-state index in [0.717, 1.165) is 23.5 Å². The summed E-state index contributed by atoms with van der Waals surface area (Å²) in [6.07, 6.45) is 6.33. The van der Waals surface area contributed by atoms with Gasteiger partial charge in [-0.1, -0.05) is 26.7 Å². The summed E-state index contributed by atoms with van der Waals surface area (Å²) in [6.45, 7) is 10.2. The van der Waals surface area contributed by atoms with Gasteiger partial charge >= 0.3 is 0 Å². The number of carbonyl (C=O) groups excluding carboxylic acids is 1. The van der Waals surface area contributed by atoms with Gasteiger partial charge in [0.2, 0.25) is 0 Å². The lowest BCUT2D eigenvalue weighted by molar-refractivity contribution is 0.0885. The third kappa shape index (κ3) is 4.44. The highest BCUT2D eigenvalue weighted by atomic mass is 16.1. The van der Waals surface area contributed by atoms with Crippen molar-refractivity contribution in [1.29, 1.82) is 0 Å². The smallest absolute Gasteiger partial charge is 0.178 e. The van der Waals surface area contributed by atoms with Gasteiger partial charge < -0.3 is 4.98 Å². The van der Waals surface area contributed by atoms with Crippen LogP contribution in [0.15, 0.2) is 6.07 Å². The molecule has 0 aromatic carbocycles. The number of Topliss-reactive ketones (excluding diaryl/α,β-unsaturated/α-hetero) is 1. The number of aromatic nitrogens is 1. The lowest BCUT2D eigenvalue weighted by Gasteiger charge is -2.28. The molecule has 0 atom stereocenters. The van der Waals surface area contributed by atoms with Gasteiger partial charge in [-0.2, -0.15) is 0 Å². The highest BCUT2D eigenvalue weighted by Gasteiger charge is 2.25. The first-order valence-corrected chi connectivity index (χ1v) is 8.41. The lowest BCUT2D eigenvalue weighted by atomic mass is 10.1. The summed E-state index contributed by atoms with van der Waals surface area (Å²) in [5, 5.41) is 0. The van der Waals surface area contributed by atoms with Gasteiger partial charge in [-0.3, -0.25) is 9.69 Å². The van der Waals surface area contributed by atoms with E-state index in [0.29, 0.717) is 18.5 Å². The maximum Gasteiger partial charge on any atom is 0.178 e. The summed E-state index contributed by atoms with van der Waals surface area (Å²) in [7, 11) is 0. The first-order valence-electron chi connectivity index (χ1n) is 8.41. The predicted octanol–water partition coefficient (Wildman–Crippen LogP) is 4.10. The molecule has 0 radical (unpaired) electrons. The molecule has 1 aliphatic rings. The van der Waals surface area contributed by atoms with Crippen molar-refractivity contribution in [3.63, 3.8) is 0 Å². The molecule has 1 N–H and O–H groups in total. The molecule has 0 unspecified atom stereocenters. The van der Waals surface area contributed by atoms with Crippen LogP contribution >= 0.6 is 0 Å². The van der Waals surface area contributed by atoms with Gasteiger partial charge in [0.05, 0.1) is 6.54 Å². The van der Waals surface area contributed by atoms with Crippen LogP contribution in [0.1, 0.15) is 67.7 Å². The van der Waals surface area contributed by atoms with Crippen LogP contribution in [-0.4, -0.2) is 34.8 Å². The molecular formula is C18H30N2O. The lowest BCUT2D eigenvalue weighted by Crippen LogP contribution is -2.38. The fourth-order valence-corrected chi connectivity index (χ4v) is 3.37. The molecule has 3 nitrogen and oxygen atoms in total. The zero-order chi connectivity index (χ0) is 15.4. The van der Waals surface area contributed by atoms with Crippen LogP contribution in [0, 0.1) is 19.8 Å². The van der Waals surface area contributed by atoms with E-state index >= 15 is 0 Å². The number of aromatic amines is 1. The van der Waals surface area contributed by atoms with Crippen LogP contribution in [0.5, 0.6) is 0 Å².